The molecule has 0 spiro atoms. The van der Waals surface area contributed by atoms with Crippen molar-refractivity contribution in [2.45, 2.75) is 0 Å². The van der Waals surface area contributed by atoms with Gasteiger partial charge in [0, 0.05) is 23.0 Å². The molecule has 0 aliphatic rings. The summed E-state index contributed by atoms with van der Waals surface area (Å²) in [6.07, 6.45) is 1.91. The molecular formula is C43H31N3Si. The van der Waals surface area contributed by atoms with E-state index in [0.29, 0.717) is 0 Å². The van der Waals surface area contributed by atoms with Crippen LogP contribution in [0.25, 0.3) is 44.3 Å². The Morgan fingerprint density at radius 1 is 0.383 bits per heavy atom. The van der Waals surface area contributed by atoms with Crippen molar-refractivity contribution in [1.82, 2.24) is 14.1 Å². The second kappa shape index (κ2) is 11.1. The van der Waals surface area contributed by atoms with E-state index in [2.05, 4.69) is 185 Å². The monoisotopic (exact) mass is 617 g/mol. The Bertz CT molecular complexity index is 2390. The Balaban J connectivity index is 1.34. The van der Waals surface area contributed by atoms with Crippen LogP contribution >= 0.6 is 0 Å². The summed E-state index contributed by atoms with van der Waals surface area (Å²) >= 11 is 0. The molecule has 0 amide bonds. The maximum Gasteiger partial charge on any atom is 0.179 e. The average Bonchev–Trinajstić information content (AvgIpc) is 3.67. The van der Waals surface area contributed by atoms with Crippen molar-refractivity contribution in [3.63, 3.8) is 0 Å². The average molecular weight is 618 g/mol. The molecule has 222 valence electrons. The van der Waals surface area contributed by atoms with Gasteiger partial charge in [-0.25, -0.2) is 0 Å². The molecule has 4 heteroatoms. The van der Waals surface area contributed by atoms with Crippen LogP contribution < -0.4 is 20.7 Å². The molecule has 0 aliphatic heterocycles. The molecule has 0 saturated carbocycles. The van der Waals surface area contributed by atoms with E-state index in [1.54, 1.807) is 0 Å². The number of hydrogen-bond donors (Lipinski definition) is 0. The molecule has 0 saturated heterocycles. The highest BCUT2D eigenvalue weighted by Crippen LogP contribution is 2.39. The lowest BCUT2D eigenvalue weighted by molar-refractivity contribution is 1.07. The molecule has 0 aliphatic carbocycles. The number of benzene rings is 6. The van der Waals surface area contributed by atoms with Crippen molar-refractivity contribution >= 4 is 61.8 Å². The number of fused-ring (bicyclic) bond motifs is 5. The van der Waals surface area contributed by atoms with E-state index < -0.39 is 8.07 Å². The van der Waals surface area contributed by atoms with E-state index in [-0.39, 0.29) is 0 Å². The van der Waals surface area contributed by atoms with Crippen molar-refractivity contribution in [3.8, 4) is 11.4 Å². The molecule has 0 radical (unpaired) electrons. The quantitative estimate of drug-likeness (QED) is 0.140. The zero-order valence-corrected chi connectivity index (χ0v) is 26.7. The van der Waals surface area contributed by atoms with Crippen molar-refractivity contribution < 1.29 is 0 Å². The molecule has 9 rings (SSSR count). The fraction of sp³-hybridized carbons (Fsp3) is 0. The van der Waals surface area contributed by atoms with Gasteiger partial charge in [-0.3, -0.25) is 14.1 Å². The van der Waals surface area contributed by atoms with Gasteiger partial charge in [0.1, 0.15) is 5.65 Å². The Morgan fingerprint density at radius 2 is 0.830 bits per heavy atom. The lowest BCUT2D eigenvalue weighted by atomic mass is 10.2. The molecule has 0 fully saturated rings. The first-order valence-electron chi connectivity index (χ1n) is 16.1. The molecule has 3 nitrogen and oxygen atoms in total. The fourth-order valence-corrected chi connectivity index (χ4v) is 12.3. The van der Waals surface area contributed by atoms with E-state index in [9.17, 15) is 0 Å². The van der Waals surface area contributed by atoms with Gasteiger partial charge in [0.05, 0.1) is 21.9 Å². The van der Waals surface area contributed by atoms with Crippen LogP contribution in [0.15, 0.2) is 188 Å². The first-order chi connectivity index (χ1) is 23.4. The summed E-state index contributed by atoms with van der Waals surface area (Å²) in [7, 11) is -2.63. The van der Waals surface area contributed by atoms with Crippen LogP contribution in [0.5, 0.6) is 0 Å². The van der Waals surface area contributed by atoms with Gasteiger partial charge in [-0.15, -0.1) is 0 Å². The normalized spacial score (nSPS) is 11.8. The minimum absolute atomic E-state index is 1.01. The topological polar surface area (TPSA) is 22.8 Å². The molecule has 6 aromatic carbocycles. The van der Waals surface area contributed by atoms with Crippen molar-refractivity contribution in [3.05, 3.63) is 188 Å². The van der Waals surface area contributed by atoms with Gasteiger partial charge in [-0.05, 0) is 63.2 Å². The summed E-state index contributed by atoms with van der Waals surface area (Å²) in [5, 5.41) is 7.83. The number of aromatic nitrogens is 3. The molecule has 3 heterocycles. The van der Waals surface area contributed by atoms with E-state index in [1.165, 1.54) is 37.0 Å². The molecule has 0 unspecified atom stereocenters. The maximum absolute atomic E-state index is 4.96. The Hall–Kier alpha value is -5.97. The lowest BCUT2D eigenvalue weighted by Crippen LogP contribution is -2.74. The second-order valence-electron chi connectivity index (χ2n) is 12.0. The van der Waals surface area contributed by atoms with Crippen LogP contribution in [-0.2, 0) is 0 Å². The molecule has 0 atom stereocenters. The predicted molar refractivity (Wildman–Crippen MR) is 199 cm³/mol. The molecular weight excluding hydrogens is 587 g/mol. The SMILES string of the molecule is c1ccc(-n2c3ccccc3c3c4ncccc4n(-c4ccc([Si](c5ccccc5)(c5ccccc5)c5ccccc5)cc4)c32)cc1. The van der Waals surface area contributed by atoms with Gasteiger partial charge in [0.2, 0.25) is 0 Å². The summed E-state index contributed by atoms with van der Waals surface area (Å²) in [5.41, 5.74) is 6.64. The zero-order chi connectivity index (χ0) is 31.2. The summed E-state index contributed by atoms with van der Waals surface area (Å²) in [5.74, 6) is 0. The smallest absolute Gasteiger partial charge is 0.179 e. The van der Waals surface area contributed by atoms with Crippen LogP contribution in [0.3, 0.4) is 0 Å². The van der Waals surface area contributed by atoms with Gasteiger partial charge in [-0.1, -0.05) is 140 Å². The third-order valence-corrected chi connectivity index (χ3v) is 14.3. The largest absolute Gasteiger partial charge is 0.295 e. The molecule has 0 bridgehead atoms. The van der Waals surface area contributed by atoms with Crippen LogP contribution in [0.1, 0.15) is 0 Å². The highest BCUT2D eigenvalue weighted by atomic mass is 28.3. The van der Waals surface area contributed by atoms with Crippen molar-refractivity contribution in [2.24, 2.45) is 0 Å². The summed E-state index contributed by atoms with van der Waals surface area (Å²) in [6.45, 7) is 0. The predicted octanol–water partition coefficient (Wildman–Crippen LogP) is 7.50. The van der Waals surface area contributed by atoms with E-state index in [0.717, 1.165) is 28.1 Å². The number of hydrogen-bond acceptors (Lipinski definition) is 1. The van der Waals surface area contributed by atoms with E-state index in [1.807, 2.05) is 12.3 Å². The third kappa shape index (κ3) is 4.16. The van der Waals surface area contributed by atoms with Crippen molar-refractivity contribution in [1.29, 1.82) is 0 Å². The number of rotatable bonds is 6. The van der Waals surface area contributed by atoms with Crippen LogP contribution in [0.4, 0.5) is 0 Å². The zero-order valence-electron chi connectivity index (χ0n) is 25.7. The Morgan fingerprint density at radius 3 is 1.43 bits per heavy atom. The molecule has 0 N–H and O–H groups in total. The first-order valence-corrected chi connectivity index (χ1v) is 18.1. The van der Waals surface area contributed by atoms with Crippen LogP contribution in [0, 0.1) is 0 Å². The number of para-hydroxylation sites is 2. The second-order valence-corrected chi connectivity index (χ2v) is 15.8. The van der Waals surface area contributed by atoms with Crippen LogP contribution in [-0.4, -0.2) is 22.2 Å². The summed E-state index contributed by atoms with van der Waals surface area (Å²) in [6, 6.07) is 66.2. The summed E-state index contributed by atoms with van der Waals surface area (Å²) in [4.78, 5) is 4.96. The molecule has 3 aromatic heterocycles. The Labute approximate surface area is 274 Å². The van der Waals surface area contributed by atoms with Crippen LogP contribution in [0.2, 0.25) is 0 Å². The summed E-state index contributed by atoms with van der Waals surface area (Å²) < 4.78 is 4.78. The van der Waals surface area contributed by atoms with Gasteiger partial charge < -0.3 is 0 Å². The molecule has 47 heavy (non-hydrogen) atoms. The first kappa shape index (κ1) is 27.3. The maximum atomic E-state index is 4.96. The number of pyridine rings is 1. The minimum Gasteiger partial charge on any atom is -0.295 e. The van der Waals surface area contributed by atoms with E-state index in [4.69, 9.17) is 4.98 Å². The van der Waals surface area contributed by atoms with Gasteiger partial charge >= 0.3 is 0 Å². The third-order valence-electron chi connectivity index (χ3n) is 9.52. The lowest BCUT2D eigenvalue weighted by Gasteiger charge is -2.34. The van der Waals surface area contributed by atoms with Crippen molar-refractivity contribution in [2.75, 3.05) is 0 Å². The molecule has 9 aromatic rings. The van der Waals surface area contributed by atoms with E-state index >= 15 is 0 Å². The highest BCUT2D eigenvalue weighted by molar-refractivity contribution is 7.19. The number of nitrogens with zero attached hydrogens (tertiary/aromatic N) is 3. The van der Waals surface area contributed by atoms with Gasteiger partial charge in [0.15, 0.2) is 8.07 Å². The van der Waals surface area contributed by atoms with Gasteiger partial charge in [0.25, 0.3) is 0 Å². The fourth-order valence-electron chi connectivity index (χ4n) is 7.58. The minimum atomic E-state index is -2.63. The van der Waals surface area contributed by atoms with Gasteiger partial charge in [-0.2, -0.15) is 0 Å². The Kier molecular flexibility index (Phi) is 6.47. The highest BCUT2D eigenvalue weighted by Gasteiger charge is 2.41. The standard InChI is InChI=1S/C43H31N3Si/c1-5-16-32(17-6-1)45-39-25-14-13-24-38(39)41-42-40(26-15-31-44-42)46(43(41)45)33-27-29-37(30-28-33)47(34-18-7-2-8-19-34,35-20-9-3-10-21-35)36-22-11-4-12-23-36/h1-31H.